The van der Waals surface area contributed by atoms with Crippen LogP contribution in [-0.4, -0.2) is 31.0 Å². The Morgan fingerprint density at radius 3 is 2.94 bits per heavy atom. The molecule has 0 amide bonds. The monoisotopic (exact) mass is 235 g/mol. The molecule has 94 valence electrons. The van der Waals surface area contributed by atoms with Crippen LogP contribution >= 0.6 is 0 Å². The van der Waals surface area contributed by atoms with Crippen molar-refractivity contribution in [1.82, 2.24) is 0 Å². The van der Waals surface area contributed by atoms with Crippen molar-refractivity contribution >= 4 is 5.69 Å². The van der Waals surface area contributed by atoms with Crippen LogP contribution in [0.4, 0.5) is 5.69 Å². The second kappa shape index (κ2) is 6.03. The Morgan fingerprint density at radius 1 is 1.47 bits per heavy atom. The Bertz CT molecular complexity index is 348. The SMILES string of the molecule is Cc1ccccc1NC(CO)C1CCCOC1. The minimum absolute atomic E-state index is 0.0939. The molecule has 3 nitrogen and oxygen atoms in total. The molecule has 1 aliphatic heterocycles. The van der Waals surface area contributed by atoms with Crippen LogP contribution in [0, 0.1) is 12.8 Å². The maximum Gasteiger partial charge on any atom is 0.0636 e. The van der Waals surface area contributed by atoms with Crippen molar-refractivity contribution in [2.24, 2.45) is 5.92 Å². The Kier molecular flexibility index (Phi) is 4.40. The molecule has 0 aromatic heterocycles. The zero-order chi connectivity index (χ0) is 12.1. The van der Waals surface area contributed by atoms with Crippen LogP contribution in [0.5, 0.6) is 0 Å². The third kappa shape index (κ3) is 3.20. The summed E-state index contributed by atoms with van der Waals surface area (Å²) in [5.41, 5.74) is 2.32. The number of rotatable bonds is 4. The smallest absolute Gasteiger partial charge is 0.0636 e. The van der Waals surface area contributed by atoms with Gasteiger partial charge in [0, 0.05) is 18.2 Å². The second-order valence-electron chi connectivity index (χ2n) is 4.73. The van der Waals surface area contributed by atoms with Crippen molar-refractivity contribution in [3.05, 3.63) is 29.8 Å². The van der Waals surface area contributed by atoms with E-state index in [1.165, 1.54) is 5.56 Å². The average molecular weight is 235 g/mol. The van der Waals surface area contributed by atoms with Gasteiger partial charge in [0.2, 0.25) is 0 Å². The van der Waals surface area contributed by atoms with Crippen molar-refractivity contribution in [2.45, 2.75) is 25.8 Å². The number of aliphatic hydroxyl groups excluding tert-OH is 1. The fourth-order valence-electron chi connectivity index (χ4n) is 2.33. The van der Waals surface area contributed by atoms with Crippen molar-refractivity contribution in [3.63, 3.8) is 0 Å². The number of aryl methyl sites for hydroxylation is 1. The van der Waals surface area contributed by atoms with Gasteiger partial charge in [-0.15, -0.1) is 0 Å². The first-order valence-electron chi connectivity index (χ1n) is 6.32. The first kappa shape index (κ1) is 12.4. The molecule has 1 aliphatic rings. The van der Waals surface area contributed by atoms with Gasteiger partial charge in [0.1, 0.15) is 0 Å². The molecule has 0 spiro atoms. The lowest BCUT2D eigenvalue weighted by Gasteiger charge is -2.30. The van der Waals surface area contributed by atoms with E-state index in [1.54, 1.807) is 0 Å². The van der Waals surface area contributed by atoms with E-state index in [4.69, 9.17) is 4.74 Å². The Morgan fingerprint density at radius 2 is 2.29 bits per heavy atom. The van der Waals surface area contributed by atoms with E-state index in [0.717, 1.165) is 31.7 Å². The van der Waals surface area contributed by atoms with E-state index in [2.05, 4.69) is 24.4 Å². The molecular weight excluding hydrogens is 214 g/mol. The topological polar surface area (TPSA) is 41.5 Å². The van der Waals surface area contributed by atoms with Gasteiger partial charge in [-0.1, -0.05) is 18.2 Å². The summed E-state index contributed by atoms with van der Waals surface area (Å²) in [5.74, 6) is 0.411. The Labute approximate surface area is 103 Å². The van der Waals surface area contributed by atoms with Crippen LogP contribution in [-0.2, 0) is 4.74 Å². The second-order valence-corrected chi connectivity index (χ2v) is 4.73. The maximum absolute atomic E-state index is 9.51. The number of benzene rings is 1. The number of hydrogen-bond acceptors (Lipinski definition) is 3. The lowest BCUT2D eigenvalue weighted by molar-refractivity contribution is 0.0392. The summed E-state index contributed by atoms with van der Waals surface area (Å²) in [5, 5.41) is 12.9. The molecule has 0 bridgehead atoms. The average Bonchev–Trinajstić information content (AvgIpc) is 2.39. The normalized spacial score (nSPS) is 22.1. The third-order valence-electron chi connectivity index (χ3n) is 3.45. The summed E-state index contributed by atoms with van der Waals surface area (Å²) in [4.78, 5) is 0. The highest BCUT2D eigenvalue weighted by Gasteiger charge is 2.23. The molecule has 1 aromatic rings. The molecule has 17 heavy (non-hydrogen) atoms. The van der Waals surface area contributed by atoms with E-state index in [0.29, 0.717) is 5.92 Å². The summed E-state index contributed by atoms with van der Waals surface area (Å²) in [7, 11) is 0. The van der Waals surface area contributed by atoms with Crippen molar-refractivity contribution in [2.75, 3.05) is 25.1 Å². The molecule has 2 N–H and O–H groups in total. The highest BCUT2D eigenvalue weighted by Crippen LogP contribution is 2.22. The molecule has 2 atom stereocenters. The van der Waals surface area contributed by atoms with Gasteiger partial charge in [0.15, 0.2) is 0 Å². The molecule has 2 unspecified atom stereocenters. The van der Waals surface area contributed by atoms with Crippen molar-refractivity contribution < 1.29 is 9.84 Å². The molecule has 3 heteroatoms. The molecule has 1 saturated heterocycles. The molecular formula is C14H21NO2. The van der Waals surface area contributed by atoms with Gasteiger partial charge < -0.3 is 15.2 Å². The summed E-state index contributed by atoms with van der Waals surface area (Å²) in [6, 6.07) is 8.27. The van der Waals surface area contributed by atoms with E-state index in [1.807, 2.05) is 12.1 Å². The summed E-state index contributed by atoms with van der Waals surface area (Å²) < 4.78 is 5.48. The third-order valence-corrected chi connectivity index (χ3v) is 3.45. The Balaban J connectivity index is 2.01. The lowest BCUT2D eigenvalue weighted by Crippen LogP contribution is -2.37. The molecule has 1 aromatic carbocycles. The van der Waals surface area contributed by atoms with E-state index >= 15 is 0 Å². The van der Waals surface area contributed by atoms with E-state index in [9.17, 15) is 5.11 Å². The maximum atomic E-state index is 9.51. The molecule has 1 fully saturated rings. The van der Waals surface area contributed by atoms with Crippen LogP contribution < -0.4 is 5.32 Å². The van der Waals surface area contributed by atoms with Gasteiger partial charge in [-0.05, 0) is 31.4 Å². The van der Waals surface area contributed by atoms with Crippen LogP contribution in [0.1, 0.15) is 18.4 Å². The highest BCUT2D eigenvalue weighted by atomic mass is 16.5. The summed E-state index contributed by atoms with van der Waals surface area (Å²) >= 11 is 0. The van der Waals surface area contributed by atoms with Gasteiger partial charge in [0.05, 0.1) is 19.3 Å². The van der Waals surface area contributed by atoms with Gasteiger partial charge in [-0.25, -0.2) is 0 Å². The highest BCUT2D eigenvalue weighted by molar-refractivity contribution is 5.51. The number of ether oxygens (including phenoxy) is 1. The van der Waals surface area contributed by atoms with Crippen LogP contribution in [0.25, 0.3) is 0 Å². The number of anilines is 1. The first-order chi connectivity index (χ1) is 8.31. The Hall–Kier alpha value is -1.06. The largest absolute Gasteiger partial charge is 0.394 e. The first-order valence-corrected chi connectivity index (χ1v) is 6.32. The number of hydrogen-bond donors (Lipinski definition) is 2. The van der Waals surface area contributed by atoms with Gasteiger partial charge in [0.25, 0.3) is 0 Å². The van der Waals surface area contributed by atoms with Crippen LogP contribution in [0.3, 0.4) is 0 Å². The van der Waals surface area contributed by atoms with Crippen molar-refractivity contribution in [3.8, 4) is 0 Å². The van der Waals surface area contributed by atoms with Gasteiger partial charge >= 0.3 is 0 Å². The lowest BCUT2D eigenvalue weighted by atomic mass is 9.94. The predicted molar refractivity (Wildman–Crippen MR) is 69.2 cm³/mol. The zero-order valence-electron chi connectivity index (χ0n) is 10.4. The minimum Gasteiger partial charge on any atom is -0.394 e. The number of nitrogens with one attached hydrogen (secondary N) is 1. The van der Waals surface area contributed by atoms with Gasteiger partial charge in [-0.3, -0.25) is 0 Å². The quantitative estimate of drug-likeness (QED) is 0.840. The summed E-state index contributed by atoms with van der Waals surface area (Å²) in [6.07, 6.45) is 2.22. The fraction of sp³-hybridized carbons (Fsp3) is 0.571. The van der Waals surface area contributed by atoms with Crippen LogP contribution in [0.2, 0.25) is 0 Å². The molecule has 0 radical (unpaired) electrons. The van der Waals surface area contributed by atoms with E-state index < -0.39 is 0 Å². The van der Waals surface area contributed by atoms with Gasteiger partial charge in [-0.2, -0.15) is 0 Å². The molecule has 1 heterocycles. The molecule has 0 aliphatic carbocycles. The van der Waals surface area contributed by atoms with Crippen molar-refractivity contribution in [1.29, 1.82) is 0 Å². The fourth-order valence-corrected chi connectivity index (χ4v) is 2.33. The predicted octanol–water partition coefficient (Wildman–Crippen LogP) is 2.19. The number of aliphatic hydroxyl groups is 1. The summed E-state index contributed by atoms with van der Waals surface area (Å²) in [6.45, 7) is 3.85. The molecule has 0 saturated carbocycles. The van der Waals surface area contributed by atoms with E-state index in [-0.39, 0.29) is 12.6 Å². The standard InChI is InChI=1S/C14H21NO2/c1-11-5-2-3-7-13(11)15-14(9-16)12-6-4-8-17-10-12/h2-3,5,7,12,14-16H,4,6,8-10H2,1H3. The molecule has 2 rings (SSSR count). The minimum atomic E-state index is 0.0939. The van der Waals surface area contributed by atoms with Crippen LogP contribution in [0.15, 0.2) is 24.3 Å². The zero-order valence-corrected chi connectivity index (χ0v) is 10.4. The number of para-hydroxylation sites is 1.